The van der Waals surface area contributed by atoms with Gasteiger partial charge in [-0.1, -0.05) is 0 Å². The zero-order chi connectivity index (χ0) is 29.4. The average molecular weight is 592 g/mol. The number of halogens is 2. The summed E-state index contributed by atoms with van der Waals surface area (Å²) in [5.74, 6) is -0.601. The highest BCUT2D eigenvalue weighted by Crippen LogP contribution is 2.41. The molecule has 0 radical (unpaired) electrons. The number of nitrogens with zero attached hydrogens (tertiary/aromatic N) is 4. The number of aromatic nitrogens is 2. The second-order valence-electron chi connectivity index (χ2n) is 11.1. The number of nitrogens with one attached hydrogen (secondary N) is 1. The molecule has 0 spiro atoms. The molecular formula is C28H35F2N5O5S. The first-order valence-electron chi connectivity index (χ1n) is 13.7. The van der Waals surface area contributed by atoms with Crippen LogP contribution in [0.1, 0.15) is 61.6 Å². The molecule has 10 nitrogen and oxygen atoms in total. The molecule has 1 aromatic carbocycles. The lowest BCUT2D eigenvalue weighted by molar-refractivity contribution is 0.0250. The number of imidazole rings is 1. The van der Waals surface area contributed by atoms with Gasteiger partial charge in [0, 0.05) is 44.7 Å². The van der Waals surface area contributed by atoms with Crippen LogP contribution < -0.4 is 14.4 Å². The summed E-state index contributed by atoms with van der Waals surface area (Å²) < 4.78 is 69.9. The van der Waals surface area contributed by atoms with Crippen LogP contribution in [0, 0.1) is 5.82 Å². The number of rotatable bonds is 9. The van der Waals surface area contributed by atoms with Crippen LogP contribution in [0.3, 0.4) is 0 Å². The molecule has 0 bridgehead atoms. The molecule has 0 aliphatic carbocycles. The van der Waals surface area contributed by atoms with Gasteiger partial charge in [-0.2, -0.15) is 12.7 Å². The molecule has 2 aromatic heterocycles. The van der Waals surface area contributed by atoms with Crippen LogP contribution in [-0.4, -0.2) is 73.1 Å². The highest BCUT2D eigenvalue weighted by Gasteiger charge is 2.32. The Bertz CT molecular complexity index is 1520. The van der Waals surface area contributed by atoms with E-state index in [9.17, 15) is 22.0 Å². The van der Waals surface area contributed by atoms with Crippen LogP contribution >= 0.6 is 0 Å². The minimum atomic E-state index is -4.29. The second kappa shape index (κ2) is 11.5. The molecule has 2 saturated heterocycles. The number of anilines is 1. The van der Waals surface area contributed by atoms with Crippen molar-refractivity contribution >= 4 is 27.5 Å². The average Bonchev–Trinajstić information content (AvgIpc) is 3.56. The smallest absolute Gasteiger partial charge is 0.303 e. The van der Waals surface area contributed by atoms with E-state index < -0.39 is 28.3 Å². The molecule has 4 heterocycles. The number of carbonyl (C=O) groups is 1. The van der Waals surface area contributed by atoms with E-state index in [-0.39, 0.29) is 23.7 Å². The third kappa shape index (κ3) is 6.62. The van der Waals surface area contributed by atoms with Crippen molar-refractivity contribution in [2.75, 3.05) is 38.3 Å². The van der Waals surface area contributed by atoms with Gasteiger partial charge in [0.1, 0.15) is 34.7 Å². The number of hydrogen-bond donors (Lipinski definition) is 1. The van der Waals surface area contributed by atoms with Crippen molar-refractivity contribution in [2.45, 2.75) is 57.3 Å². The monoisotopic (exact) mass is 591 g/mol. The third-order valence-electron chi connectivity index (χ3n) is 7.33. The van der Waals surface area contributed by atoms with Gasteiger partial charge in [0.25, 0.3) is 5.91 Å². The zero-order valence-electron chi connectivity index (χ0n) is 23.3. The third-order valence-corrected chi connectivity index (χ3v) is 8.72. The predicted molar refractivity (Wildman–Crippen MR) is 150 cm³/mol. The summed E-state index contributed by atoms with van der Waals surface area (Å²) in [5, 5.41) is 0. The number of carbonyl (C=O) groups excluding carboxylic acids is 1. The highest BCUT2D eigenvalue weighted by molar-refractivity contribution is 7.87. The van der Waals surface area contributed by atoms with Gasteiger partial charge in [-0.05, 0) is 57.0 Å². The Morgan fingerprint density at radius 3 is 2.71 bits per heavy atom. The fraction of sp³-hybridized carbons (Fsp3) is 0.500. The predicted octanol–water partition coefficient (Wildman–Crippen LogP) is 4.03. The second-order valence-corrected chi connectivity index (χ2v) is 12.9. The summed E-state index contributed by atoms with van der Waals surface area (Å²) in [4.78, 5) is 19.4. The fourth-order valence-electron chi connectivity index (χ4n) is 5.43. The molecule has 5 rings (SSSR count). The molecular weight excluding hydrogens is 556 g/mol. The Balaban J connectivity index is 1.41. The molecule has 1 amide bonds. The van der Waals surface area contributed by atoms with E-state index in [0.29, 0.717) is 31.2 Å². The number of benzene rings is 1. The summed E-state index contributed by atoms with van der Waals surface area (Å²) in [7, 11) is -3.10. The molecule has 13 heteroatoms. The first kappa shape index (κ1) is 29.2. The fourth-order valence-corrected chi connectivity index (χ4v) is 6.40. The van der Waals surface area contributed by atoms with Crippen molar-refractivity contribution in [1.82, 2.24) is 18.4 Å². The van der Waals surface area contributed by atoms with Gasteiger partial charge in [0.2, 0.25) is 0 Å². The maximum atomic E-state index is 14.5. The first-order chi connectivity index (χ1) is 19.4. The van der Waals surface area contributed by atoms with Crippen molar-refractivity contribution in [3.8, 4) is 5.75 Å². The zero-order valence-corrected chi connectivity index (χ0v) is 24.2. The Labute approximate surface area is 238 Å². The lowest BCUT2D eigenvalue weighted by Crippen LogP contribution is -2.45. The van der Waals surface area contributed by atoms with Crippen LogP contribution in [0.5, 0.6) is 5.75 Å². The minimum Gasteiger partial charge on any atom is -0.490 e. The number of fused-ring (bicyclic) bond motifs is 1. The van der Waals surface area contributed by atoms with Crippen LogP contribution in [0.15, 0.2) is 42.7 Å². The maximum absolute atomic E-state index is 14.5. The van der Waals surface area contributed by atoms with Crippen LogP contribution in [0.4, 0.5) is 14.5 Å². The number of alkyl halides is 1. The van der Waals surface area contributed by atoms with E-state index in [2.05, 4.69) is 9.88 Å². The molecule has 41 heavy (non-hydrogen) atoms. The van der Waals surface area contributed by atoms with Crippen molar-refractivity contribution in [2.24, 2.45) is 0 Å². The number of hydrogen-bond acceptors (Lipinski definition) is 7. The molecule has 2 aliphatic rings. The van der Waals surface area contributed by atoms with Crippen LogP contribution in [0.2, 0.25) is 0 Å². The summed E-state index contributed by atoms with van der Waals surface area (Å²) in [6, 6.07) is 8.04. The van der Waals surface area contributed by atoms with Crippen LogP contribution in [0.25, 0.3) is 5.65 Å². The number of pyridine rings is 1. The Kier molecular flexibility index (Phi) is 8.22. The highest BCUT2D eigenvalue weighted by atomic mass is 32.2. The maximum Gasteiger partial charge on any atom is 0.303 e. The Hall–Kier alpha value is -3.29. The van der Waals surface area contributed by atoms with Crippen molar-refractivity contribution in [3.05, 3.63) is 59.8 Å². The van der Waals surface area contributed by atoms with Gasteiger partial charge in [-0.15, -0.1) is 0 Å². The lowest BCUT2D eigenvalue weighted by atomic mass is 10.0. The summed E-state index contributed by atoms with van der Waals surface area (Å²) in [6.45, 7) is 4.03. The standard InChI is InChI=1S/C28H35F2N5O5S/c1-28(2,30)18-33(3)41(37,38)32-27(36)24-16-31-26-9-7-20(17-35(24)26)34-12-4-5-23(34)22-15-19(29)6-8-25(22)40-21-10-13-39-14-11-21/h6-9,15-17,21,23H,4-5,10-14,18H2,1-3H3,(H,32,36). The topological polar surface area (TPSA) is 105 Å². The van der Waals surface area contributed by atoms with Gasteiger partial charge in [0.15, 0.2) is 0 Å². The van der Waals surface area contributed by atoms with E-state index in [1.165, 1.54) is 43.6 Å². The first-order valence-corrected chi connectivity index (χ1v) is 15.1. The van der Waals surface area contributed by atoms with Gasteiger partial charge in [0.05, 0.1) is 31.1 Å². The molecule has 2 aliphatic heterocycles. The number of amides is 1. The van der Waals surface area contributed by atoms with Gasteiger partial charge >= 0.3 is 10.2 Å². The quantitative estimate of drug-likeness (QED) is 0.401. The largest absolute Gasteiger partial charge is 0.490 e. The Morgan fingerprint density at radius 1 is 1.22 bits per heavy atom. The Morgan fingerprint density at radius 2 is 1.98 bits per heavy atom. The van der Waals surface area contributed by atoms with E-state index in [4.69, 9.17) is 9.47 Å². The van der Waals surface area contributed by atoms with Crippen LogP contribution in [-0.2, 0) is 14.9 Å². The van der Waals surface area contributed by atoms with E-state index in [0.717, 1.165) is 41.2 Å². The molecule has 1 N–H and O–H groups in total. The number of ether oxygens (including phenoxy) is 2. The SMILES string of the molecule is CN(CC(C)(C)F)S(=O)(=O)NC(=O)c1cnc2ccc(N3CCCC3c3cc(F)ccc3OC3CCOCC3)cn12. The molecule has 0 saturated carbocycles. The molecule has 1 atom stereocenters. The van der Waals surface area contributed by atoms with Gasteiger partial charge < -0.3 is 14.4 Å². The summed E-state index contributed by atoms with van der Waals surface area (Å²) in [5.41, 5.74) is 0.173. The molecule has 1 unspecified atom stereocenters. The van der Waals surface area contributed by atoms with E-state index in [1.54, 1.807) is 18.3 Å². The molecule has 222 valence electrons. The van der Waals surface area contributed by atoms with Crippen molar-refractivity contribution in [1.29, 1.82) is 0 Å². The lowest BCUT2D eigenvalue weighted by Gasteiger charge is -2.30. The molecule has 3 aromatic rings. The van der Waals surface area contributed by atoms with Gasteiger partial charge in [-0.25, -0.2) is 18.5 Å². The minimum absolute atomic E-state index is 0.00233. The van der Waals surface area contributed by atoms with E-state index in [1.807, 2.05) is 10.8 Å². The van der Waals surface area contributed by atoms with Crippen molar-refractivity contribution in [3.63, 3.8) is 0 Å². The van der Waals surface area contributed by atoms with Gasteiger partial charge in [-0.3, -0.25) is 9.20 Å². The van der Waals surface area contributed by atoms with E-state index >= 15 is 0 Å². The normalized spacial score (nSPS) is 18.8. The van der Waals surface area contributed by atoms with Crippen molar-refractivity contribution < 1.29 is 31.5 Å². The summed E-state index contributed by atoms with van der Waals surface area (Å²) >= 11 is 0. The molecule has 2 fully saturated rings. The summed E-state index contributed by atoms with van der Waals surface area (Å²) in [6.07, 6.45) is 6.18.